The number of alkyl halides is 3. The Hall–Kier alpha value is -1.07. The van der Waals surface area contributed by atoms with Crippen molar-refractivity contribution in [2.45, 2.75) is 26.1 Å². The van der Waals surface area contributed by atoms with Gasteiger partial charge in [-0.2, -0.15) is 13.2 Å². The summed E-state index contributed by atoms with van der Waals surface area (Å²) in [5, 5.41) is 3.13. The second-order valence-electron chi connectivity index (χ2n) is 4.20. The van der Waals surface area contributed by atoms with Crippen LogP contribution in [0.2, 0.25) is 0 Å². The van der Waals surface area contributed by atoms with Crippen LogP contribution in [0.5, 0.6) is 0 Å². The molecule has 0 aliphatic rings. The maximum absolute atomic E-state index is 11.8. The van der Waals surface area contributed by atoms with E-state index in [0.29, 0.717) is 6.54 Å². The molecular formula is C13H18F3NO. The molecule has 0 radical (unpaired) electrons. The van der Waals surface area contributed by atoms with Gasteiger partial charge < -0.3 is 10.1 Å². The summed E-state index contributed by atoms with van der Waals surface area (Å²) in [6.07, 6.45) is -4.25. The van der Waals surface area contributed by atoms with Crippen LogP contribution in [0.3, 0.4) is 0 Å². The minimum Gasteiger partial charge on any atom is -0.371 e. The Morgan fingerprint density at radius 3 is 2.56 bits per heavy atom. The van der Waals surface area contributed by atoms with E-state index >= 15 is 0 Å². The zero-order chi connectivity index (χ0) is 13.6. The van der Waals surface area contributed by atoms with E-state index in [-0.39, 0.29) is 12.6 Å². The highest BCUT2D eigenvalue weighted by atomic mass is 19.4. The van der Waals surface area contributed by atoms with Crippen LogP contribution in [0.4, 0.5) is 13.2 Å². The van der Waals surface area contributed by atoms with Crippen molar-refractivity contribution in [1.82, 2.24) is 5.32 Å². The van der Waals surface area contributed by atoms with Crippen molar-refractivity contribution in [3.63, 3.8) is 0 Å². The van der Waals surface area contributed by atoms with E-state index in [1.54, 1.807) is 0 Å². The Kier molecular flexibility index (Phi) is 5.62. The number of rotatable bonds is 6. The first-order chi connectivity index (χ1) is 8.40. The summed E-state index contributed by atoms with van der Waals surface area (Å²) < 4.78 is 40.0. The number of hydrogen-bond donors (Lipinski definition) is 1. The molecule has 1 N–H and O–H groups in total. The van der Waals surface area contributed by atoms with Gasteiger partial charge in [-0.05, 0) is 25.0 Å². The van der Waals surface area contributed by atoms with Crippen LogP contribution in [0.15, 0.2) is 24.3 Å². The zero-order valence-corrected chi connectivity index (χ0v) is 10.6. The fraction of sp³-hybridized carbons (Fsp3) is 0.538. The van der Waals surface area contributed by atoms with E-state index in [9.17, 15) is 13.2 Å². The molecular weight excluding hydrogens is 243 g/mol. The maximum atomic E-state index is 11.8. The van der Waals surface area contributed by atoms with Crippen molar-refractivity contribution in [3.8, 4) is 0 Å². The van der Waals surface area contributed by atoms with Crippen LogP contribution in [0.25, 0.3) is 0 Å². The topological polar surface area (TPSA) is 21.3 Å². The molecule has 0 aromatic heterocycles. The highest BCUT2D eigenvalue weighted by molar-refractivity contribution is 5.28. The lowest BCUT2D eigenvalue weighted by atomic mass is 10.0. The number of halogens is 3. The maximum Gasteiger partial charge on any atom is 0.411 e. The first-order valence-electron chi connectivity index (χ1n) is 5.83. The zero-order valence-electron chi connectivity index (χ0n) is 10.6. The molecule has 2 nitrogen and oxygen atoms in total. The highest BCUT2D eigenvalue weighted by Crippen LogP contribution is 2.16. The van der Waals surface area contributed by atoms with Gasteiger partial charge in [0.15, 0.2) is 0 Å². The molecule has 18 heavy (non-hydrogen) atoms. The predicted octanol–water partition coefficient (Wildman–Crippen LogP) is 3.22. The predicted molar refractivity (Wildman–Crippen MR) is 64.5 cm³/mol. The fourth-order valence-electron chi connectivity index (χ4n) is 1.72. The highest BCUT2D eigenvalue weighted by Gasteiger charge is 2.27. The standard InChI is InChI=1S/C13H18F3NO/c1-10-5-3-4-6-12(10)11(2)17-7-8-18-9-13(14,15)16/h3-6,11,17H,7-9H2,1-2H3/t11-/m1/s1. The van der Waals surface area contributed by atoms with Crippen molar-refractivity contribution in [1.29, 1.82) is 0 Å². The van der Waals surface area contributed by atoms with Crippen molar-refractivity contribution < 1.29 is 17.9 Å². The normalized spacial score (nSPS) is 13.6. The second-order valence-corrected chi connectivity index (χ2v) is 4.20. The van der Waals surface area contributed by atoms with Crippen LogP contribution < -0.4 is 5.32 Å². The van der Waals surface area contributed by atoms with Gasteiger partial charge in [-0.15, -0.1) is 0 Å². The Morgan fingerprint density at radius 2 is 1.94 bits per heavy atom. The number of aryl methyl sites for hydroxylation is 1. The van der Waals surface area contributed by atoms with E-state index in [2.05, 4.69) is 10.1 Å². The summed E-state index contributed by atoms with van der Waals surface area (Å²) in [5.74, 6) is 0. The van der Waals surface area contributed by atoms with E-state index in [4.69, 9.17) is 0 Å². The molecule has 0 spiro atoms. The van der Waals surface area contributed by atoms with Gasteiger partial charge in [-0.1, -0.05) is 24.3 Å². The largest absolute Gasteiger partial charge is 0.411 e. The molecule has 0 bridgehead atoms. The SMILES string of the molecule is Cc1ccccc1[C@@H](C)NCCOCC(F)(F)F. The molecule has 0 saturated heterocycles. The molecule has 1 rings (SSSR count). The van der Waals surface area contributed by atoms with Gasteiger partial charge in [0, 0.05) is 12.6 Å². The molecule has 0 saturated carbocycles. The third kappa shape index (κ3) is 5.51. The summed E-state index contributed by atoms with van der Waals surface area (Å²) in [5.41, 5.74) is 2.31. The average Bonchev–Trinajstić information content (AvgIpc) is 2.27. The first kappa shape index (κ1) is 15.0. The van der Waals surface area contributed by atoms with Crippen LogP contribution >= 0.6 is 0 Å². The minimum atomic E-state index is -4.25. The van der Waals surface area contributed by atoms with Gasteiger partial charge in [0.05, 0.1) is 6.61 Å². The molecule has 0 unspecified atom stereocenters. The van der Waals surface area contributed by atoms with E-state index in [1.165, 1.54) is 0 Å². The van der Waals surface area contributed by atoms with Gasteiger partial charge in [-0.25, -0.2) is 0 Å². The van der Waals surface area contributed by atoms with Crippen LogP contribution in [0, 0.1) is 6.92 Å². The molecule has 1 atom stereocenters. The van der Waals surface area contributed by atoms with Gasteiger partial charge in [0.2, 0.25) is 0 Å². The molecule has 5 heteroatoms. The van der Waals surface area contributed by atoms with E-state index in [0.717, 1.165) is 11.1 Å². The Balaban J connectivity index is 2.26. The molecule has 1 aromatic rings. The Morgan fingerprint density at radius 1 is 1.28 bits per heavy atom. The molecule has 0 aliphatic carbocycles. The lowest BCUT2D eigenvalue weighted by Crippen LogP contribution is -2.26. The molecule has 1 aromatic carbocycles. The first-order valence-corrected chi connectivity index (χ1v) is 5.83. The molecule has 0 aliphatic heterocycles. The Bertz CT molecular complexity index is 365. The molecule has 0 fully saturated rings. The summed E-state index contributed by atoms with van der Waals surface area (Å²) in [7, 11) is 0. The van der Waals surface area contributed by atoms with Gasteiger partial charge in [0.25, 0.3) is 0 Å². The van der Waals surface area contributed by atoms with E-state index < -0.39 is 12.8 Å². The summed E-state index contributed by atoms with van der Waals surface area (Å²) in [6, 6.07) is 8.01. The Labute approximate surface area is 105 Å². The second kappa shape index (κ2) is 6.75. The van der Waals surface area contributed by atoms with Gasteiger partial charge in [0.1, 0.15) is 6.61 Å². The lowest BCUT2D eigenvalue weighted by Gasteiger charge is -2.16. The monoisotopic (exact) mass is 261 g/mol. The molecule has 0 amide bonds. The molecule has 0 heterocycles. The number of nitrogens with one attached hydrogen (secondary N) is 1. The van der Waals surface area contributed by atoms with E-state index in [1.807, 2.05) is 38.1 Å². The average molecular weight is 261 g/mol. The summed E-state index contributed by atoms with van der Waals surface area (Å²) in [6.45, 7) is 3.24. The smallest absolute Gasteiger partial charge is 0.371 e. The van der Waals surface area contributed by atoms with Gasteiger partial charge >= 0.3 is 6.18 Å². The van der Waals surface area contributed by atoms with Crippen molar-refractivity contribution >= 4 is 0 Å². The van der Waals surface area contributed by atoms with Gasteiger partial charge in [-0.3, -0.25) is 0 Å². The van der Waals surface area contributed by atoms with Crippen LogP contribution in [-0.4, -0.2) is 25.9 Å². The number of benzene rings is 1. The van der Waals surface area contributed by atoms with Crippen molar-refractivity contribution in [3.05, 3.63) is 35.4 Å². The molecule has 102 valence electrons. The quantitative estimate of drug-likeness (QED) is 0.794. The van der Waals surface area contributed by atoms with Crippen LogP contribution in [0.1, 0.15) is 24.1 Å². The summed E-state index contributed by atoms with van der Waals surface area (Å²) in [4.78, 5) is 0. The van der Waals surface area contributed by atoms with Crippen molar-refractivity contribution in [2.24, 2.45) is 0 Å². The third-order valence-corrected chi connectivity index (χ3v) is 2.62. The fourth-order valence-corrected chi connectivity index (χ4v) is 1.72. The number of hydrogen-bond acceptors (Lipinski definition) is 2. The van der Waals surface area contributed by atoms with Crippen molar-refractivity contribution in [2.75, 3.05) is 19.8 Å². The summed E-state index contributed by atoms with van der Waals surface area (Å²) >= 11 is 0. The minimum absolute atomic E-state index is 0.0513. The van der Waals surface area contributed by atoms with Crippen LogP contribution in [-0.2, 0) is 4.74 Å². The lowest BCUT2D eigenvalue weighted by molar-refractivity contribution is -0.173. The number of ether oxygens (including phenoxy) is 1. The third-order valence-electron chi connectivity index (χ3n) is 2.62.